The minimum Gasteiger partial charge on any atom is -0.479 e. The molecule has 14 nitrogen and oxygen atoms in total. The number of amides is 3. The third-order valence-corrected chi connectivity index (χ3v) is 4.52. The lowest BCUT2D eigenvalue weighted by Gasteiger charge is -2.26. The number of nitrogens with one attached hydrogen (secondary N) is 3. The zero-order chi connectivity index (χ0) is 31.0. The Labute approximate surface area is 230 Å². The van der Waals surface area contributed by atoms with E-state index in [0.29, 0.717) is 25.7 Å². The molecule has 0 rings (SSSR count). The first kappa shape index (κ1) is 38.0. The molecule has 6 N–H and O–H groups in total. The second-order valence-electron chi connectivity index (χ2n) is 10.6. The van der Waals surface area contributed by atoms with Crippen LogP contribution in [0.25, 0.3) is 0 Å². The lowest BCUT2D eigenvalue weighted by molar-refractivity contribution is -0.148. The third kappa shape index (κ3) is 19.6. The maximum Gasteiger partial charge on any atom is 0.407 e. The minimum absolute atomic E-state index is 0.350. The quantitative estimate of drug-likeness (QED) is 0.147. The number of alkyl carbamates (subject to hydrolysis) is 2. The first-order valence-corrected chi connectivity index (χ1v) is 12.7. The van der Waals surface area contributed by atoms with Crippen molar-refractivity contribution in [1.29, 1.82) is 0 Å². The van der Waals surface area contributed by atoms with Gasteiger partial charge in [-0.3, -0.25) is 9.59 Å². The molecule has 0 aromatic heterocycles. The largest absolute Gasteiger partial charge is 0.479 e. The van der Waals surface area contributed by atoms with E-state index in [-0.39, 0.29) is 6.54 Å². The second-order valence-corrected chi connectivity index (χ2v) is 10.6. The lowest BCUT2D eigenvalue weighted by atomic mass is 10.1. The van der Waals surface area contributed by atoms with Crippen LogP contribution in [0.4, 0.5) is 9.59 Å². The maximum atomic E-state index is 11.8. The van der Waals surface area contributed by atoms with Crippen molar-refractivity contribution in [2.45, 2.75) is 117 Å². The molecule has 4 atom stereocenters. The van der Waals surface area contributed by atoms with Crippen LogP contribution in [-0.2, 0) is 28.6 Å². The number of carbonyl (C=O) groups is 5. The molecule has 0 saturated carbocycles. The summed E-state index contributed by atoms with van der Waals surface area (Å²) in [5, 5.41) is 35.2. The summed E-state index contributed by atoms with van der Waals surface area (Å²) in [5.41, 5.74) is -1.34. The number of carboxylic acid groups (broad SMARTS) is 1. The minimum atomic E-state index is -1.62. The van der Waals surface area contributed by atoms with Crippen molar-refractivity contribution in [3.63, 3.8) is 0 Å². The Morgan fingerprint density at radius 2 is 1.13 bits per heavy atom. The van der Waals surface area contributed by atoms with Crippen LogP contribution in [0.3, 0.4) is 0 Å². The maximum absolute atomic E-state index is 11.8. The van der Waals surface area contributed by atoms with Gasteiger partial charge in [0.15, 0.2) is 12.2 Å². The number of methoxy groups -OCH3 is 1. The van der Waals surface area contributed by atoms with Gasteiger partial charge in [0.25, 0.3) is 5.91 Å². The molecule has 228 valence electrons. The van der Waals surface area contributed by atoms with E-state index in [9.17, 15) is 34.2 Å². The zero-order valence-electron chi connectivity index (χ0n) is 24.5. The molecular weight excluding hydrogens is 518 g/mol. The molecule has 4 unspecified atom stereocenters. The van der Waals surface area contributed by atoms with Crippen LogP contribution in [0.5, 0.6) is 0 Å². The molecule has 0 aliphatic rings. The summed E-state index contributed by atoms with van der Waals surface area (Å²) < 4.78 is 14.5. The fraction of sp³-hybridized carbons (Fsp3) is 0.800. The van der Waals surface area contributed by atoms with Crippen molar-refractivity contribution in [2.24, 2.45) is 0 Å². The molecule has 0 fully saturated rings. The Morgan fingerprint density at radius 1 is 0.744 bits per heavy atom. The third-order valence-electron chi connectivity index (χ3n) is 4.52. The number of carbonyl (C=O) groups excluding carboxylic acids is 4. The number of hydrogen-bond acceptors (Lipinski definition) is 10. The lowest BCUT2D eigenvalue weighted by Crippen LogP contribution is -2.52. The highest BCUT2D eigenvalue weighted by Gasteiger charge is 2.30. The van der Waals surface area contributed by atoms with Crippen LogP contribution in [0.2, 0.25) is 0 Å². The monoisotopic (exact) mass is 565 g/mol. The van der Waals surface area contributed by atoms with Crippen LogP contribution in [0.15, 0.2) is 0 Å². The number of rotatable bonds is 12. The zero-order valence-corrected chi connectivity index (χ0v) is 24.5. The molecular formula is C25H47N3O11. The Kier molecular flexibility index (Phi) is 17.8. The van der Waals surface area contributed by atoms with Gasteiger partial charge in [-0.25, -0.2) is 14.4 Å². The van der Waals surface area contributed by atoms with E-state index in [1.807, 2.05) is 13.8 Å². The van der Waals surface area contributed by atoms with Gasteiger partial charge in [-0.15, -0.1) is 0 Å². The molecule has 0 aromatic rings. The molecule has 0 radical (unpaired) electrons. The Bertz CT molecular complexity index is 791. The molecule has 3 amide bonds. The molecule has 39 heavy (non-hydrogen) atoms. The number of aliphatic hydroxyl groups is 2. The van der Waals surface area contributed by atoms with Crippen molar-refractivity contribution in [3.05, 3.63) is 0 Å². The first-order valence-electron chi connectivity index (χ1n) is 12.7. The molecule has 0 heterocycles. The van der Waals surface area contributed by atoms with E-state index >= 15 is 0 Å². The van der Waals surface area contributed by atoms with E-state index in [1.165, 1.54) is 7.11 Å². The fourth-order valence-corrected chi connectivity index (χ4v) is 2.85. The van der Waals surface area contributed by atoms with Gasteiger partial charge in [0.2, 0.25) is 0 Å². The van der Waals surface area contributed by atoms with E-state index < -0.39 is 65.5 Å². The highest BCUT2D eigenvalue weighted by atomic mass is 16.6. The molecule has 0 bridgehead atoms. The summed E-state index contributed by atoms with van der Waals surface area (Å²) in [6.07, 6.45) is -2.52. The Morgan fingerprint density at radius 3 is 1.44 bits per heavy atom. The fourth-order valence-electron chi connectivity index (χ4n) is 2.85. The predicted molar refractivity (Wildman–Crippen MR) is 141 cm³/mol. The first-order chi connectivity index (χ1) is 17.8. The van der Waals surface area contributed by atoms with E-state index in [4.69, 9.17) is 14.6 Å². The molecule has 14 heteroatoms. The van der Waals surface area contributed by atoms with Crippen LogP contribution in [-0.4, -0.2) is 94.5 Å². The number of aliphatic hydroxyl groups excluding tert-OH is 2. The van der Waals surface area contributed by atoms with E-state index in [2.05, 4.69) is 20.7 Å². The Hall–Kier alpha value is -3.13. The van der Waals surface area contributed by atoms with Gasteiger partial charge in [-0.05, 0) is 54.4 Å². The summed E-state index contributed by atoms with van der Waals surface area (Å²) in [4.78, 5) is 56.6. The second kappa shape index (κ2) is 18.2. The molecule has 0 aliphatic heterocycles. The smallest absolute Gasteiger partial charge is 0.407 e. The molecule has 0 saturated heterocycles. The van der Waals surface area contributed by atoms with Gasteiger partial charge in [-0.1, -0.05) is 26.7 Å². The number of aliphatic carboxylic acids is 1. The van der Waals surface area contributed by atoms with Crippen LogP contribution < -0.4 is 16.0 Å². The predicted octanol–water partition coefficient (Wildman–Crippen LogP) is 1.46. The highest BCUT2D eigenvalue weighted by molar-refractivity contribution is 5.85. The number of esters is 1. The van der Waals surface area contributed by atoms with Gasteiger partial charge in [0, 0.05) is 0 Å². The van der Waals surface area contributed by atoms with Gasteiger partial charge in [0.1, 0.15) is 17.7 Å². The van der Waals surface area contributed by atoms with Crippen LogP contribution >= 0.6 is 0 Å². The van der Waals surface area contributed by atoms with Crippen molar-refractivity contribution in [3.8, 4) is 0 Å². The molecule has 0 aromatic carbocycles. The summed E-state index contributed by atoms with van der Waals surface area (Å²) in [6, 6.07) is -1.65. The van der Waals surface area contributed by atoms with Crippen LogP contribution in [0.1, 0.15) is 81.1 Å². The summed E-state index contributed by atoms with van der Waals surface area (Å²) >= 11 is 0. The summed E-state index contributed by atoms with van der Waals surface area (Å²) in [7, 11) is 1.19. The van der Waals surface area contributed by atoms with Crippen molar-refractivity contribution < 1.29 is 53.5 Å². The molecule has 0 aliphatic carbocycles. The number of carboxylic acids is 1. The van der Waals surface area contributed by atoms with Crippen molar-refractivity contribution in [1.82, 2.24) is 16.0 Å². The Balaban J connectivity index is 0. The van der Waals surface area contributed by atoms with Gasteiger partial charge in [0.05, 0.1) is 19.2 Å². The number of ether oxygens (including phenoxy) is 3. The average molecular weight is 566 g/mol. The molecule has 0 spiro atoms. The average Bonchev–Trinajstić information content (AvgIpc) is 2.78. The summed E-state index contributed by atoms with van der Waals surface area (Å²) in [6.45, 7) is 13.6. The van der Waals surface area contributed by atoms with Crippen molar-refractivity contribution in [2.75, 3.05) is 13.7 Å². The SMILES string of the molecule is CCCC(NC(=O)OC(C)(C)C)C(O)C(=O)NCC(=O)OC.CCCC(NC(=O)OC(C)(C)C)C(O)C(=O)O. The van der Waals surface area contributed by atoms with Gasteiger partial charge >= 0.3 is 24.1 Å². The van der Waals surface area contributed by atoms with E-state index in [0.717, 1.165) is 0 Å². The van der Waals surface area contributed by atoms with Crippen LogP contribution in [0, 0.1) is 0 Å². The number of hydrogen-bond donors (Lipinski definition) is 6. The van der Waals surface area contributed by atoms with E-state index in [1.54, 1.807) is 41.5 Å². The topological polar surface area (TPSA) is 210 Å². The van der Waals surface area contributed by atoms with Gasteiger partial charge < -0.3 is 45.5 Å². The van der Waals surface area contributed by atoms with Crippen molar-refractivity contribution >= 4 is 30.0 Å². The normalized spacial score (nSPS) is 14.2. The standard InChI is InChI=1S/C14H26N2O6.C11H21NO5/c1-6-7-9(16-13(20)22-14(2,3)4)11(18)12(19)15-8-10(17)21-5;1-5-6-7(8(13)9(14)15)12-10(16)17-11(2,3)4/h9,11,18H,6-8H2,1-5H3,(H,15,19)(H,16,20);7-8,13H,5-6H2,1-4H3,(H,12,16)(H,14,15). The van der Waals surface area contributed by atoms with Gasteiger partial charge in [-0.2, -0.15) is 0 Å². The highest BCUT2D eigenvalue weighted by Crippen LogP contribution is 2.10. The summed E-state index contributed by atoms with van der Waals surface area (Å²) in [5.74, 6) is -2.76.